The highest BCUT2D eigenvalue weighted by Gasteiger charge is 2.27. The molecule has 0 saturated carbocycles. The summed E-state index contributed by atoms with van der Waals surface area (Å²) in [6.07, 6.45) is 1.45. The summed E-state index contributed by atoms with van der Waals surface area (Å²) >= 11 is 0. The smallest absolute Gasteiger partial charge is 0.277 e. The summed E-state index contributed by atoms with van der Waals surface area (Å²) < 4.78 is 26.3. The van der Waals surface area contributed by atoms with Crippen molar-refractivity contribution in [3.63, 3.8) is 0 Å². The van der Waals surface area contributed by atoms with Gasteiger partial charge in [0, 0.05) is 5.56 Å². The lowest BCUT2D eigenvalue weighted by molar-refractivity contribution is 0.0118. The summed E-state index contributed by atoms with van der Waals surface area (Å²) in [5.74, 6) is -3.59. The first-order valence-corrected chi connectivity index (χ1v) is 7.50. The van der Waals surface area contributed by atoms with Crippen LogP contribution in [0.25, 0.3) is 0 Å². The average molecular weight is 355 g/mol. The third kappa shape index (κ3) is 5.91. The summed E-state index contributed by atoms with van der Waals surface area (Å²) in [4.78, 5) is 12.2. The molecule has 0 aliphatic rings. The number of nitrogens with two attached hydrogens (primary N) is 1. The molecule has 0 atom stereocenters. The van der Waals surface area contributed by atoms with Gasteiger partial charge < -0.3 is 11.1 Å². The van der Waals surface area contributed by atoms with Gasteiger partial charge in [-0.15, -0.1) is 12.4 Å². The number of halogens is 3. The zero-order valence-electron chi connectivity index (χ0n) is 13.2. The van der Waals surface area contributed by atoms with Crippen LogP contribution in [0.15, 0.2) is 54.6 Å². The molecule has 0 fully saturated rings. The molecule has 24 heavy (non-hydrogen) atoms. The van der Waals surface area contributed by atoms with E-state index < -0.39 is 24.9 Å². The number of aryl methyl sites for hydroxylation is 2. The van der Waals surface area contributed by atoms with Crippen molar-refractivity contribution < 1.29 is 13.6 Å². The molecule has 0 spiro atoms. The van der Waals surface area contributed by atoms with Crippen molar-refractivity contribution in [1.29, 1.82) is 0 Å². The molecule has 2 aromatic rings. The number of rotatable bonds is 7. The molecule has 130 valence electrons. The maximum Gasteiger partial charge on any atom is 0.277 e. The van der Waals surface area contributed by atoms with Crippen molar-refractivity contribution in [2.75, 3.05) is 13.1 Å². The summed E-state index contributed by atoms with van der Waals surface area (Å²) in [6.45, 7) is -1.54. The second-order valence-corrected chi connectivity index (χ2v) is 5.39. The Balaban J connectivity index is 0.00000288. The summed E-state index contributed by atoms with van der Waals surface area (Å²) in [6, 6.07) is 17.0. The molecule has 2 rings (SSSR count). The van der Waals surface area contributed by atoms with Crippen LogP contribution in [0.4, 0.5) is 8.78 Å². The molecule has 0 aliphatic carbocycles. The highest BCUT2D eigenvalue weighted by Crippen LogP contribution is 2.14. The Hall–Kier alpha value is -1.98. The van der Waals surface area contributed by atoms with Crippen LogP contribution in [0.5, 0.6) is 0 Å². The third-order valence-corrected chi connectivity index (χ3v) is 3.59. The number of hydrogen-bond acceptors (Lipinski definition) is 2. The predicted molar refractivity (Wildman–Crippen MR) is 93.9 cm³/mol. The normalized spacial score (nSPS) is 10.8. The van der Waals surface area contributed by atoms with E-state index in [2.05, 4.69) is 5.32 Å². The highest BCUT2D eigenvalue weighted by atomic mass is 35.5. The van der Waals surface area contributed by atoms with Gasteiger partial charge in [-0.1, -0.05) is 48.5 Å². The lowest BCUT2D eigenvalue weighted by atomic mass is 9.99. The van der Waals surface area contributed by atoms with E-state index in [9.17, 15) is 13.6 Å². The Morgan fingerprint density at radius 2 is 1.62 bits per heavy atom. The molecular formula is C18H21ClF2N2O. The van der Waals surface area contributed by atoms with Crippen LogP contribution in [0.1, 0.15) is 21.5 Å². The standard InChI is InChI=1S/C18H20F2N2O.ClH/c19-18(20,12-21)13-22-17(23)16-9-5-4-8-15(16)11-10-14-6-2-1-3-7-14;/h1-9H,10-13,21H2,(H,22,23);1H. The monoisotopic (exact) mass is 354 g/mol. The van der Waals surface area contributed by atoms with E-state index >= 15 is 0 Å². The van der Waals surface area contributed by atoms with Crippen LogP contribution >= 0.6 is 12.4 Å². The lowest BCUT2D eigenvalue weighted by Gasteiger charge is -2.15. The fourth-order valence-corrected chi connectivity index (χ4v) is 2.26. The Morgan fingerprint density at radius 1 is 1.00 bits per heavy atom. The van der Waals surface area contributed by atoms with Gasteiger partial charge in [0.25, 0.3) is 11.8 Å². The number of hydrogen-bond donors (Lipinski definition) is 2. The first-order valence-electron chi connectivity index (χ1n) is 7.50. The van der Waals surface area contributed by atoms with Gasteiger partial charge in [-0.25, -0.2) is 8.78 Å². The molecule has 0 aromatic heterocycles. The highest BCUT2D eigenvalue weighted by molar-refractivity contribution is 5.95. The molecule has 6 heteroatoms. The molecule has 1 amide bonds. The largest absolute Gasteiger partial charge is 0.346 e. The molecule has 3 nitrogen and oxygen atoms in total. The quantitative estimate of drug-likeness (QED) is 0.802. The van der Waals surface area contributed by atoms with Gasteiger partial charge in [0.1, 0.15) is 0 Å². The van der Waals surface area contributed by atoms with Crippen molar-refractivity contribution in [3.8, 4) is 0 Å². The summed E-state index contributed by atoms with van der Waals surface area (Å²) in [5.41, 5.74) is 7.40. The van der Waals surface area contributed by atoms with Gasteiger partial charge in [0.2, 0.25) is 0 Å². The van der Waals surface area contributed by atoms with E-state index in [0.29, 0.717) is 12.0 Å². The van der Waals surface area contributed by atoms with Crippen LogP contribution < -0.4 is 11.1 Å². The second-order valence-electron chi connectivity index (χ2n) is 5.39. The van der Waals surface area contributed by atoms with Crippen LogP contribution in [0.3, 0.4) is 0 Å². The number of carbonyl (C=O) groups excluding carboxylic acids is 1. The van der Waals surface area contributed by atoms with Crippen molar-refractivity contribution in [3.05, 3.63) is 71.3 Å². The van der Waals surface area contributed by atoms with E-state index in [1.807, 2.05) is 42.5 Å². The van der Waals surface area contributed by atoms with E-state index in [4.69, 9.17) is 5.73 Å². The van der Waals surface area contributed by atoms with Gasteiger partial charge in [-0.2, -0.15) is 0 Å². The fourth-order valence-electron chi connectivity index (χ4n) is 2.26. The molecule has 0 unspecified atom stereocenters. The average Bonchev–Trinajstić information content (AvgIpc) is 2.59. The summed E-state index contributed by atoms with van der Waals surface area (Å²) in [7, 11) is 0. The van der Waals surface area contributed by atoms with Crippen LogP contribution in [-0.4, -0.2) is 24.9 Å². The second kappa shape index (κ2) is 9.35. The fraction of sp³-hybridized carbons (Fsp3) is 0.278. The first-order chi connectivity index (χ1) is 11.0. The van der Waals surface area contributed by atoms with Gasteiger partial charge in [-0.3, -0.25) is 4.79 Å². The topological polar surface area (TPSA) is 55.1 Å². The minimum atomic E-state index is -3.09. The molecule has 0 bridgehead atoms. The van der Waals surface area contributed by atoms with Crippen molar-refractivity contribution in [1.82, 2.24) is 5.32 Å². The maximum atomic E-state index is 13.2. The first kappa shape index (κ1) is 20.1. The molecule has 3 N–H and O–H groups in total. The Labute approximate surface area is 146 Å². The van der Waals surface area contributed by atoms with E-state index in [1.54, 1.807) is 12.1 Å². The van der Waals surface area contributed by atoms with Gasteiger partial charge in [0.15, 0.2) is 0 Å². The predicted octanol–water partition coefficient (Wildman–Crippen LogP) is 3.22. The van der Waals surface area contributed by atoms with Crippen molar-refractivity contribution in [2.45, 2.75) is 18.8 Å². The SMILES string of the molecule is Cl.NCC(F)(F)CNC(=O)c1ccccc1CCc1ccccc1. The van der Waals surface area contributed by atoms with Gasteiger partial charge >= 0.3 is 0 Å². The van der Waals surface area contributed by atoms with Crippen molar-refractivity contribution >= 4 is 18.3 Å². The number of nitrogens with one attached hydrogen (secondary N) is 1. The van der Waals surface area contributed by atoms with Crippen LogP contribution in [0, 0.1) is 0 Å². The van der Waals surface area contributed by atoms with Crippen molar-refractivity contribution in [2.24, 2.45) is 5.73 Å². The molecule has 0 heterocycles. The minimum Gasteiger partial charge on any atom is -0.346 e. The molecule has 0 aliphatic heterocycles. The number of benzene rings is 2. The van der Waals surface area contributed by atoms with E-state index in [-0.39, 0.29) is 12.4 Å². The molecule has 0 saturated heterocycles. The van der Waals surface area contributed by atoms with E-state index in [1.165, 1.54) is 0 Å². The van der Waals surface area contributed by atoms with Gasteiger partial charge in [0.05, 0.1) is 13.1 Å². The molecular weight excluding hydrogens is 334 g/mol. The third-order valence-electron chi connectivity index (χ3n) is 3.59. The number of amides is 1. The lowest BCUT2D eigenvalue weighted by Crippen LogP contribution is -2.41. The zero-order valence-corrected chi connectivity index (χ0v) is 14.0. The Bertz CT molecular complexity index is 650. The Kier molecular flexibility index (Phi) is 7.82. The number of carbonyl (C=O) groups is 1. The minimum absolute atomic E-state index is 0. The maximum absolute atomic E-state index is 13.2. The summed E-state index contributed by atoms with van der Waals surface area (Å²) in [5, 5.41) is 2.26. The van der Waals surface area contributed by atoms with Crippen LogP contribution in [-0.2, 0) is 12.8 Å². The molecule has 2 aromatic carbocycles. The number of alkyl halides is 2. The van der Waals surface area contributed by atoms with Crippen LogP contribution in [0.2, 0.25) is 0 Å². The Morgan fingerprint density at radius 3 is 2.29 bits per heavy atom. The van der Waals surface area contributed by atoms with E-state index in [0.717, 1.165) is 17.5 Å². The molecule has 0 radical (unpaired) electrons. The zero-order chi connectivity index (χ0) is 16.7. The van der Waals surface area contributed by atoms with Gasteiger partial charge in [-0.05, 0) is 30.0 Å².